The highest BCUT2D eigenvalue weighted by atomic mass is 16.7. The van der Waals surface area contributed by atoms with E-state index >= 15 is 0 Å². The third-order valence-electron chi connectivity index (χ3n) is 12.0. The third kappa shape index (κ3) is 5.99. The molecule has 0 bridgehead atoms. The second-order valence-corrected chi connectivity index (χ2v) is 16.8. The maximum absolute atomic E-state index is 6.66. The summed E-state index contributed by atoms with van der Waals surface area (Å²) in [7, 11) is -0.430. The van der Waals surface area contributed by atoms with Crippen molar-refractivity contribution in [3.05, 3.63) is 102 Å². The Morgan fingerprint density at radius 3 is 1.60 bits per heavy atom. The van der Waals surface area contributed by atoms with Gasteiger partial charge in [-0.1, -0.05) is 137 Å². The second kappa shape index (κ2) is 13.2. The topological polar surface area (TPSA) is 21.7 Å². The first-order chi connectivity index (χ1) is 23.8. The van der Waals surface area contributed by atoms with E-state index in [0.717, 1.165) is 18.6 Å². The smallest absolute Gasteiger partial charge is 0.399 e. The Morgan fingerprint density at radius 2 is 1.08 bits per heavy atom. The van der Waals surface area contributed by atoms with Gasteiger partial charge in [0.1, 0.15) is 0 Å². The van der Waals surface area contributed by atoms with Crippen LogP contribution in [0.15, 0.2) is 84.9 Å². The molecule has 5 heteroatoms. The average Bonchev–Trinajstić information content (AvgIpc) is 3.69. The Hall–Kier alpha value is -3.53. The van der Waals surface area contributed by atoms with Gasteiger partial charge in [-0.25, -0.2) is 0 Å². The highest BCUT2D eigenvalue weighted by molar-refractivity contribution is 6.99. The van der Waals surface area contributed by atoms with Crippen LogP contribution in [0.3, 0.4) is 0 Å². The van der Waals surface area contributed by atoms with Gasteiger partial charge in [0.25, 0.3) is 0 Å². The monoisotopic (exact) mass is 663 g/mol. The van der Waals surface area contributed by atoms with Crippen molar-refractivity contribution in [1.29, 1.82) is 0 Å². The van der Waals surface area contributed by atoms with E-state index in [2.05, 4.69) is 159 Å². The molecule has 2 heterocycles. The average molecular weight is 664 g/mol. The second-order valence-electron chi connectivity index (χ2n) is 16.8. The lowest BCUT2D eigenvalue weighted by molar-refractivity contribution is 0.00578. The van der Waals surface area contributed by atoms with E-state index in [0.29, 0.717) is 17.8 Å². The Balaban J connectivity index is 1.55. The molecule has 5 aromatic rings. The highest BCUT2D eigenvalue weighted by Crippen LogP contribution is 2.37. The Morgan fingerprint density at radius 1 is 0.600 bits per heavy atom. The molecule has 258 valence electrons. The molecule has 0 aromatic heterocycles. The van der Waals surface area contributed by atoms with Crippen molar-refractivity contribution in [1.82, 2.24) is 0 Å². The summed E-state index contributed by atoms with van der Waals surface area (Å²) in [6, 6.07) is 32.7. The minimum atomic E-state index is -0.430. The summed E-state index contributed by atoms with van der Waals surface area (Å²) >= 11 is 0. The van der Waals surface area contributed by atoms with E-state index in [1.54, 1.807) is 0 Å². The quantitative estimate of drug-likeness (QED) is 0.155. The van der Waals surface area contributed by atoms with Crippen LogP contribution < -0.4 is 26.8 Å². The third-order valence-corrected chi connectivity index (χ3v) is 12.0. The van der Waals surface area contributed by atoms with Gasteiger partial charge >= 0.3 is 7.12 Å². The lowest BCUT2D eigenvalue weighted by Crippen LogP contribution is -2.56. The Kier molecular flexibility index (Phi) is 9.23. The van der Waals surface area contributed by atoms with Gasteiger partial charge in [-0.2, -0.15) is 0 Å². The molecule has 0 saturated carbocycles. The first-order valence-electron chi connectivity index (χ1n) is 19.1. The standard InChI is InChI=1S/C45H55B2NO2/c1-29(2)32-27-37(30(3)4)43(38(28-32)31(5)6)46(40-23-24-42(48-25-15-16-26-48)36-20-14-13-19-35(36)40)39-21-22-41(34-18-12-11-17-33(34)39)47-49-44(7,8)45(9,10)50-47/h11-14,17-24,27-31H,15-16,25-26H2,1-10H3. The molecule has 2 aliphatic rings. The summed E-state index contributed by atoms with van der Waals surface area (Å²) in [6.45, 7) is 25.0. The van der Waals surface area contributed by atoms with Crippen molar-refractivity contribution in [2.75, 3.05) is 18.0 Å². The highest BCUT2D eigenvalue weighted by Gasteiger charge is 2.52. The van der Waals surface area contributed by atoms with Crippen molar-refractivity contribution in [3.8, 4) is 0 Å². The van der Waals surface area contributed by atoms with Gasteiger partial charge in [0.2, 0.25) is 6.71 Å². The summed E-state index contributed by atoms with van der Waals surface area (Å²) in [5.41, 5.74) is 10.2. The van der Waals surface area contributed by atoms with Crippen LogP contribution in [0.1, 0.15) is 117 Å². The largest absolute Gasteiger partial charge is 0.495 e. The number of nitrogens with zero attached hydrogens (tertiary/aromatic N) is 1. The molecular formula is C45H55B2NO2. The molecule has 3 nitrogen and oxygen atoms in total. The molecule has 0 unspecified atom stereocenters. The molecule has 2 fully saturated rings. The summed E-state index contributed by atoms with van der Waals surface area (Å²) in [6.07, 6.45) is 2.52. The van der Waals surface area contributed by atoms with Gasteiger partial charge in [-0.05, 0) is 103 Å². The first kappa shape index (κ1) is 34.9. The van der Waals surface area contributed by atoms with Crippen molar-refractivity contribution in [3.63, 3.8) is 0 Å². The SMILES string of the molecule is CC(C)c1cc(C(C)C)c(B(c2ccc(B3OC(C)(C)C(C)(C)O3)c3ccccc23)c2ccc(N3CCCC3)c3ccccc23)c(C(C)C)c1. The van der Waals surface area contributed by atoms with Crippen molar-refractivity contribution < 1.29 is 9.31 Å². The van der Waals surface area contributed by atoms with E-state index < -0.39 is 18.3 Å². The molecule has 50 heavy (non-hydrogen) atoms. The van der Waals surface area contributed by atoms with Crippen molar-refractivity contribution in [2.45, 2.75) is 111 Å². The van der Waals surface area contributed by atoms with Gasteiger partial charge in [0.05, 0.1) is 11.2 Å². The zero-order valence-corrected chi connectivity index (χ0v) is 32.1. The van der Waals surface area contributed by atoms with Crippen molar-refractivity contribution >= 4 is 62.9 Å². The van der Waals surface area contributed by atoms with Gasteiger partial charge < -0.3 is 14.2 Å². The fourth-order valence-corrected chi connectivity index (χ4v) is 8.39. The van der Waals surface area contributed by atoms with E-state index in [-0.39, 0.29) is 6.71 Å². The van der Waals surface area contributed by atoms with Crippen molar-refractivity contribution in [2.24, 2.45) is 0 Å². The number of rotatable bonds is 8. The van der Waals surface area contributed by atoms with Gasteiger partial charge in [0, 0.05) is 24.2 Å². The maximum atomic E-state index is 6.66. The molecule has 5 aromatic carbocycles. The predicted molar refractivity (Wildman–Crippen MR) is 218 cm³/mol. The van der Waals surface area contributed by atoms with Gasteiger partial charge in [-0.15, -0.1) is 0 Å². The van der Waals surface area contributed by atoms with E-state index in [4.69, 9.17) is 9.31 Å². The van der Waals surface area contributed by atoms with E-state index in [1.165, 1.54) is 73.2 Å². The van der Waals surface area contributed by atoms with Crippen LogP contribution in [-0.4, -0.2) is 38.1 Å². The fourth-order valence-electron chi connectivity index (χ4n) is 8.39. The molecule has 0 radical (unpaired) electrons. The molecule has 2 aliphatic heterocycles. The molecular weight excluding hydrogens is 608 g/mol. The molecule has 0 amide bonds. The van der Waals surface area contributed by atoms with Gasteiger partial charge in [0.15, 0.2) is 0 Å². The summed E-state index contributed by atoms with van der Waals surface area (Å²) in [4.78, 5) is 2.59. The van der Waals surface area contributed by atoms with Crippen LogP contribution in [0.5, 0.6) is 0 Å². The lowest BCUT2D eigenvalue weighted by Gasteiger charge is -2.32. The zero-order chi connectivity index (χ0) is 35.5. The Labute approximate surface area is 302 Å². The molecule has 0 atom stereocenters. The van der Waals surface area contributed by atoms with E-state index in [1.807, 2.05) is 0 Å². The van der Waals surface area contributed by atoms with Crippen LogP contribution in [-0.2, 0) is 9.31 Å². The normalized spacial score (nSPS) is 17.3. The molecule has 0 spiro atoms. The van der Waals surface area contributed by atoms with Crippen LogP contribution in [0.4, 0.5) is 5.69 Å². The predicted octanol–water partition coefficient (Wildman–Crippen LogP) is 8.78. The lowest BCUT2D eigenvalue weighted by atomic mass is 9.33. The zero-order valence-electron chi connectivity index (χ0n) is 32.1. The molecule has 2 saturated heterocycles. The summed E-state index contributed by atoms with van der Waals surface area (Å²) in [5.74, 6) is 1.20. The van der Waals surface area contributed by atoms with Crippen LogP contribution >= 0.6 is 0 Å². The number of fused-ring (bicyclic) bond motifs is 2. The molecule has 0 N–H and O–H groups in total. The number of hydrogen-bond acceptors (Lipinski definition) is 3. The van der Waals surface area contributed by atoms with Crippen LogP contribution in [0.2, 0.25) is 0 Å². The minimum absolute atomic E-state index is 0.0285. The molecule has 0 aliphatic carbocycles. The number of benzene rings is 5. The summed E-state index contributed by atoms with van der Waals surface area (Å²) in [5, 5.41) is 5.15. The van der Waals surface area contributed by atoms with Gasteiger partial charge in [-0.3, -0.25) is 0 Å². The Bertz CT molecular complexity index is 1990. The number of anilines is 1. The number of hydrogen-bond donors (Lipinski definition) is 0. The summed E-state index contributed by atoms with van der Waals surface area (Å²) < 4.78 is 13.3. The fraction of sp³-hybridized carbons (Fsp3) is 0.422. The first-order valence-corrected chi connectivity index (χ1v) is 19.1. The molecule has 7 rings (SSSR count). The van der Waals surface area contributed by atoms with E-state index in [9.17, 15) is 0 Å². The van der Waals surface area contributed by atoms with Crippen LogP contribution in [0, 0.1) is 0 Å². The minimum Gasteiger partial charge on any atom is -0.399 e. The van der Waals surface area contributed by atoms with Crippen LogP contribution in [0.25, 0.3) is 21.5 Å². The maximum Gasteiger partial charge on any atom is 0.495 e.